The minimum absolute atomic E-state index is 0.238. The molecular formula is C10H19NO2S. The minimum Gasteiger partial charge on any atom is -0.466 e. The Morgan fingerprint density at radius 1 is 1.50 bits per heavy atom. The van der Waals surface area contributed by atoms with Crippen molar-refractivity contribution in [3.63, 3.8) is 0 Å². The normalized spacial score (nSPS) is 11.9. The van der Waals surface area contributed by atoms with Gasteiger partial charge in [-0.15, -0.1) is 0 Å². The highest BCUT2D eigenvalue weighted by Crippen LogP contribution is 2.04. The maximum atomic E-state index is 11.0. The van der Waals surface area contributed by atoms with Crippen LogP contribution in [0.15, 0.2) is 11.6 Å². The SMILES string of the molecule is COC(=O)C(C)=CCSCCN(C)C. The van der Waals surface area contributed by atoms with Crippen LogP contribution in [-0.4, -0.2) is 50.1 Å². The molecule has 0 saturated carbocycles. The van der Waals surface area contributed by atoms with Crippen molar-refractivity contribution in [1.29, 1.82) is 0 Å². The summed E-state index contributed by atoms with van der Waals surface area (Å²) in [4.78, 5) is 13.1. The lowest BCUT2D eigenvalue weighted by molar-refractivity contribution is -0.136. The maximum Gasteiger partial charge on any atom is 0.333 e. The van der Waals surface area contributed by atoms with Crippen LogP contribution >= 0.6 is 11.8 Å². The number of ether oxygens (including phenoxy) is 1. The first-order valence-electron chi connectivity index (χ1n) is 4.55. The zero-order valence-electron chi connectivity index (χ0n) is 9.37. The average molecular weight is 217 g/mol. The summed E-state index contributed by atoms with van der Waals surface area (Å²) in [7, 11) is 5.51. The van der Waals surface area contributed by atoms with E-state index in [9.17, 15) is 4.79 Å². The van der Waals surface area contributed by atoms with Gasteiger partial charge in [0.2, 0.25) is 0 Å². The lowest BCUT2D eigenvalue weighted by atomic mass is 10.3. The number of thioether (sulfide) groups is 1. The van der Waals surface area contributed by atoms with Crippen LogP contribution in [-0.2, 0) is 9.53 Å². The van der Waals surface area contributed by atoms with Gasteiger partial charge < -0.3 is 9.64 Å². The van der Waals surface area contributed by atoms with Crippen LogP contribution in [0, 0.1) is 0 Å². The van der Waals surface area contributed by atoms with Crippen molar-refractivity contribution in [3.05, 3.63) is 11.6 Å². The second-order valence-electron chi connectivity index (χ2n) is 3.26. The molecule has 0 fully saturated rings. The van der Waals surface area contributed by atoms with Gasteiger partial charge in [0, 0.05) is 23.6 Å². The quantitative estimate of drug-likeness (QED) is 0.382. The van der Waals surface area contributed by atoms with Crippen molar-refractivity contribution in [2.45, 2.75) is 6.92 Å². The second-order valence-corrected chi connectivity index (χ2v) is 4.41. The van der Waals surface area contributed by atoms with Crippen LogP contribution in [0.3, 0.4) is 0 Å². The molecule has 0 unspecified atom stereocenters. The van der Waals surface area contributed by atoms with Crippen molar-refractivity contribution >= 4 is 17.7 Å². The fourth-order valence-electron chi connectivity index (χ4n) is 0.759. The number of methoxy groups -OCH3 is 1. The molecule has 0 aliphatic rings. The highest BCUT2D eigenvalue weighted by molar-refractivity contribution is 7.99. The van der Waals surface area contributed by atoms with Crippen LogP contribution in [0.4, 0.5) is 0 Å². The van der Waals surface area contributed by atoms with E-state index in [1.54, 1.807) is 6.92 Å². The molecule has 0 atom stereocenters. The van der Waals surface area contributed by atoms with Crippen molar-refractivity contribution < 1.29 is 9.53 Å². The van der Waals surface area contributed by atoms with Crippen LogP contribution in [0.5, 0.6) is 0 Å². The van der Waals surface area contributed by atoms with Gasteiger partial charge >= 0.3 is 5.97 Å². The number of nitrogens with zero attached hydrogens (tertiary/aromatic N) is 1. The summed E-state index contributed by atoms with van der Waals surface area (Å²) in [5.41, 5.74) is 0.685. The molecule has 0 saturated heterocycles. The number of esters is 1. The minimum atomic E-state index is -0.238. The van der Waals surface area contributed by atoms with E-state index >= 15 is 0 Å². The Morgan fingerprint density at radius 2 is 2.14 bits per heavy atom. The molecule has 0 spiro atoms. The maximum absolute atomic E-state index is 11.0. The third-order valence-corrected chi connectivity index (χ3v) is 2.57. The van der Waals surface area contributed by atoms with Crippen LogP contribution < -0.4 is 0 Å². The Labute approximate surface area is 90.5 Å². The molecule has 82 valence electrons. The third-order valence-electron chi connectivity index (χ3n) is 1.70. The predicted molar refractivity (Wildman–Crippen MR) is 61.7 cm³/mol. The highest BCUT2D eigenvalue weighted by Gasteiger charge is 2.01. The topological polar surface area (TPSA) is 29.5 Å². The fourth-order valence-corrected chi connectivity index (χ4v) is 1.79. The predicted octanol–water partition coefficient (Wildman–Crippen LogP) is 1.40. The molecule has 0 rings (SSSR count). The molecule has 0 aromatic heterocycles. The first kappa shape index (κ1) is 13.5. The number of rotatable bonds is 6. The molecule has 0 heterocycles. The first-order valence-corrected chi connectivity index (χ1v) is 5.71. The van der Waals surface area contributed by atoms with E-state index < -0.39 is 0 Å². The summed E-state index contributed by atoms with van der Waals surface area (Å²) in [6, 6.07) is 0. The van der Waals surface area contributed by atoms with E-state index in [1.807, 2.05) is 17.8 Å². The molecule has 0 amide bonds. The Balaban J connectivity index is 3.56. The largest absolute Gasteiger partial charge is 0.466 e. The fraction of sp³-hybridized carbons (Fsp3) is 0.700. The smallest absolute Gasteiger partial charge is 0.333 e. The van der Waals surface area contributed by atoms with Crippen molar-refractivity contribution in [2.75, 3.05) is 39.3 Å². The summed E-state index contributed by atoms with van der Waals surface area (Å²) in [5.74, 6) is 1.71. The molecule has 0 aliphatic heterocycles. The molecule has 0 bridgehead atoms. The molecule has 3 nitrogen and oxygen atoms in total. The standard InChI is InChI=1S/C10H19NO2S/c1-9(10(12)13-4)5-7-14-8-6-11(2)3/h5H,6-8H2,1-4H3. The van der Waals surface area contributed by atoms with Crippen LogP contribution in [0.1, 0.15) is 6.92 Å². The van der Waals surface area contributed by atoms with Gasteiger partial charge in [0.1, 0.15) is 0 Å². The van der Waals surface area contributed by atoms with Crippen LogP contribution in [0.25, 0.3) is 0 Å². The average Bonchev–Trinajstić information content (AvgIpc) is 2.15. The first-order chi connectivity index (χ1) is 6.57. The van der Waals surface area contributed by atoms with Crippen LogP contribution in [0.2, 0.25) is 0 Å². The van der Waals surface area contributed by atoms with E-state index in [4.69, 9.17) is 0 Å². The van der Waals surface area contributed by atoms with Gasteiger partial charge in [-0.05, 0) is 21.0 Å². The number of hydrogen-bond acceptors (Lipinski definition) is 4. The lowest BCUT2D eigenvalue weighted by Crippen LogP contribution is -2.14. The van der Waals surface area contributed by atoms with Gasteiger partial charge in [-0.25, -0.2) is 4.79 Å². The Bertz CT molecular complexity index is 202. The zero-order valence-corrected chi connectivity index (χ0v) is 10.2. The van der Waals surface area contributed by atoms with E-state index in [2.05, 4.69) is 23.7 Å². The zero-order chi connectivity index (χ0) is 11.0. The van der Waals surface area contributed by atoms with Crippen molar-refractivity contribution in [3.8, 4) is 0 Å². The Hall–Kier alpha value is -0.480. The van der Waals surface area contributed by atoms with Gasteiger partial charge in [0.05, 0.1) is 7.11 Å². The molecule has 0 N–H and O–H groups in total. The molecular weight excluding hydrogens is 198 g/mol. The molecule has 0 aromatic rings. The second kappa shape index (κ2) is 7.88. The summed E-state index contributed by atoms with van der Waals surface area (Å²) < 4.78 is 4.58. The summed E-state index contributed by atoms with van der Waals surface area (Å²) in [5, 5.41) is 0. The molecule has 0 aromatic carbocycles. The summed E-state index contributed by atoms with van der Waals surface area (Å²) in [6.07, 6.45) is 1.91. The number of carbonyl (C=O) groups excluding carboxylic acids is 1. The number of hydrogen-bond donors (Lipinski definition) is 0. The molecule has 0 aliphatic carbocycles. The van der Waals surface area contributed by atoms with E-state index in [0.717, 1.165) is 18.1 Å². The monoisotopic (exact) mass is 217 g/mol. The van der Waals surface area contributed by atoms with Crippen molar-refractivity contribution in [2.24, 2.45) is 0 Å². The van der Waals surface area contributed by atoms with Gasteiger partial charge in [-0.1, -0.05) is 6.08 Å². The van der Waals surface area contributed by atoms with Crippen molar-refractivity contribution in [1.82, 2.24) is 4.90 Å². The summed E-state index contributed by atoms with van der Waals surface area (Å²) >= 11 is 1.81. The lowest BCUT2D eigenvalue weighted by Gasteiger charge is -2.07. The van der Waals surface area contributed by atoms with E-state index in [1.165, 1.54) is 7.11 Å². The molecule has 4 heteroatoms. The van der Waals surface area contributed by atoms with E-state index in [0.29, 0.717) is 5.57 Å². The highest BCUT2D eigenvalue weighted by atomic mass is 32.2. The van der Waals surface area contributed by atoms with Gasteiger partial charge in [-0.2, -0.15) is 11.8 Å². The Morgan fingerprint density at radius 3 is 2.64 bits per heavy atom. The molecule has 14 heavy (non-hydrogen) atoms. The summed E-state index contributed by atoms with van der Waals surface area (Å²) in [6.45, 7) is 2.84. The number of carbonyl (C=O) groups is 1. The van der Waals surface area contributed by atoms with Gasteiger partial charge in [-0.3, -0.25) is 0 Å². The third kappa shape index (κ3) is 6.97. The van der Waals surface area contributed by atoms with Gasteiger partial charge in [0.25, 0.3) is 0 Å². The molecule has 0 radical (unpaired) electrons. The van der Waals surface area contributed by atoms with Gasteiger partial charge in [0.15, 0.2) is 0 Å². The Kier molecular flexibility index (Phi) is 7.61. The van der Waals surface area contributed by atoms with E-state index in [-0.39, 0.29) is 5.97 Å².